The molecule has 1 N–H and O–H groups in total. The van der Waals surface area contributed by atoms with Crippen molar-refractivity contribution < 1.29 is 21.7 Å². The molecule has 3 heterocycles. The van der Waals surface area contributed by atoms with Gasteiger partial charge in [0.15, 0.2) is 0 Å². The molecule has 3 aliphatic rings. The van der Waals surface area contributed by atoms with E-state index in [2.05, 4.69) is 14.5 Å². The first-order valence-corrected chi connectivity index (χ1v) is 9.84. The molecule has 9 nitrogen and oxygen atoms in total. The van der Waals surface area contributed by atoms with Crippen molar-refractivity contribution in [3.63, 3.8) is 0 Å². The lowest BCUT2D eigenvalue weighted by Gasteiger charge is -2.28. The molecular formula is C14H22N4O5S. The summed E-state index contributed by atoms with van der Waals surface area (Å²) >= 11 is 0. The zero-order chi connectivity index (χ0) is 16.7. The van der Waals surface area contributed by atoms with Crippen molar-refractivity contribution in [2.24, 2.45) is 5.92 Å². The van der Waals surface area contributed by atoms with Crippen LogP contribution in [0, 0.1) is 5.92 Å². The van der Waals surface area contributed by atoms with Gasteiger partial charge < -0.3 is 4.42 Å². The summed E-state index contributed by atoms with van der Waals surface area (Å²) in [5.74, 6) is 2.08. The number of aryl methyl sites for hydroxylation is 1. The Kier molecular flexibility index (Phi) is 4.33. The van der Waals surface area contributed by atoms with E-state index in [1.54, 1.807) is 0 Å². The Bertz CT molecular complexity index is 689. The zero-order valence-electron chi connectivity index (χ0n) is 13.4. The molecule has 3 atom stereocenters. The second-order valence-electron chi connectivity index (χ2n) is 6.95. The van der Waals surface area contributed by atoms with E-state index in [0.29, 0.717) is 18.3 Å². The maximum Gasteiger partial charge on any atom is 0.413 e. The minimum absolute atomic E-state index is 0.0267. The van der Waals surface area contributed by atoms with Crippen LogP contribution in [0.2, 0.25) is 0 Å². The molecular weight excluding hydrogens is 336 g/mol. The quantitative estimate of drug-likeness (QED) is 0.753. The Labute approximate surface area is 140 Å². The Balaban J connectivity index is 1.38. The molecule has 3 fully saturated rings. The molecule has 0 aromatic carbocycles. The Morgan fingerprint density at radius 2 is 2.08 bits per heavy atom. The minimum atomic E-state index is -4.49. The lowest BCUT2D eigenvalue weighted by molar-refractivity contribution is -0.0771. The van der Waals surface area contributed by atoms with Crippen molar-refractivity contribution in [3.05, 3.63) is 11.8 Å². The van der Waals surface area contributed by atoms with Crippen molar-refractivity contribution in [2.75, 3.05) is 13.2 Å². The number of fused-ring (bicyclic) bond motifs is 2. The second kappa shape index (κ2) is 6.34. The molecule has 1 unspecified atom stereocenters. The van der Waals surface area contributed by atoms with Gasteiger partial charge in [-0.1, -0.05) is 19.3 Å². The highest BCUT2D eigenvalue weighted by atomic mass is 32.3. The summed E-state index contributed by atoms with van der Waals surface area (Å²) in [4.78, 5) is 2.04. The standard InChI is InChI=1S/C14H22N4O5S/c19-24(20,21)23-18-9-17-8-11(18)5-6-12(17)14-16-15-13(22-14)7-4-10-2-1-3-10/h10-12H,1-9H2,(H,19,20,21)/t11-,12+/m1/s1. The number of rotatable bonds is 6. The van der Waals surface area contributed by atoms with Crippen LogP contribution in [0.25, 0.3) is 0 Å². The summed E-state index contributed by atoms with van der Waals surface area (Å²) in [5.41, 5.74) is 0. The fourth-order valence-electron chi connectivity index (χ4n) is 3.80. The SMILES string of the molecule is O=S(=O)(O)ON1CN2C[C@H]1CC[C@H]2c1nnc(CCC2CCC2)o1. The lowest BCUT2D eigenvalue weighted by Crippen LogP contribution is -2.34. The normalized spacial score (nSPS) is 31.3. The maximum atomic E-state index is 10.9. The molecule has 1 saturated carbocycles. The Morgan fingerprint density at radius 1 is 1.25 bits per heavy atom. The number of hydrogen-bond donors (Lipinski definition) is 1. The van der Waals surface area contributed by atoms with Gasteiger partial charge in [-0.25, -0.2) is 0 Å². The molecule has 0 spiro atoms. The van der Waals surface area contributed by atoms with Gasteiger partial charge in [0.25, 0.3) is 0 Å². The van der Waals surface area contributed by atoms with E-state index in [4.69, 9.17) is 8.97 Å². The smallest absolute Gasteiger partial charge is 0.413 e. The van der Waals surface area contributed by atoms with Gasteiger partial charge in [0, 0.05) is 13.0 Å². The third-order valence-corrected chi connectivity index (χ3v) is 5.72. The molecule has 4 rings (SSSR count). The largest absolute Gasteiger partial charge is 0.424 e. The zero-order valence-corrected chi connectivity index (χ0v) is 14.2. The fourth-order valence-corrected chi connectivity index (χ4v) is 4.22. The van der Waals surface area contributed by atoms with Crippen molar-refractivity contribution in [3.8, 4) is 0 Å². The van der Waals surface area contributed by atoms with Crippen molar-refractivity contribution >= 4 is 10.4 Å². The highest BCUT2D eigenvalue weighted by Gasteiger charge is 2.43. The van der Waals surface area contributed by atoms with Gasteiger partial charge in [0.1, 0.15) is 0 Å². The van der Waals surface area contributed by atoms with Gasteiger partial charge in [0.2, 0.25) is 11.8 Å². The van der Waals surface area contributed by atoms with E-state index >= 15 is 0 Å². The van der Waals surface area contributed by atoms with Crippen LogP contribution in [0.4, 0.5) is 0 Å². The topological polar surface area (TPSA) is 109 Å². The highest BCUT2D eigenvalue weighted by Crippen LogP contribution is 2.37. The van der Waals surface area contributed by atoms with Gasteiger partial charge in [-0.15, -0.1) is 10.2 Å². The summed E-state index contributed by atoms with van der Waals surface area (Å²) in [5, 5.41) is 9.66. The van der Waals surface area contributed by atoms with Crippen molar-refractivity contribution in [2.45, 2.75) is 57.0 Å². The average molecular weight is 358 g/mol. The summed E-state index contributed by atoms with van der Waals surface area (Å²) < 4.78 is 41.2. The number of aromatic nitrogens is 2. The molecule has 10 heteroatoms. The van der Waals surface area contributed by atoms with Gasteiger partial charge in [-0.2, -0.15) is 17.8 Å². The van der Waals surface area contributed by atoms with Crippen LogP contribution in [0.5, 0.6) is 0 Å². The summed E-state index contributed by atoms with van der Waals surface area (Å²) in [6.45, 7) is 0.939. The Morgan fingerprint density at radius 3 is 2.79 bits per heavy atom. The summed E-state index contributed by atoms with van der Waals surface area (Å²) in [7, 11) is -4.49. The third kappa shape index (κ3) is 3.47. The molecule has 2 saturated heterocycles. The van der Waals surface area contributed by atoms with Crippen LogP contribution in [0.3, 0.4) is 0 Å². The van der Waals surface area contributed by atoms with Gasteiger partial charge in [0.05, 0.1) is 18.8 Å². The molecule has 1 aromatic rings. The molecule has 2 aliphatic heterocycles. The van der Waals surface area contributed by atoms with E-state index in [1.165, 1.54) is 24.3 Å². The van der Waals surface area contributed by atoms with Gasteiger partial charge >= 0.3 is 10.4 Å². The van der Waals surface area contributed by atoms with Crippen LogP contribution in [-0.2, 0) is 21.1 Å². The second-order valence-corrected chi connectivity index (χ2v) is 7.95. The Hall–Kier alpha value is -1.07. The maximum absolute atomic E-state index is 10.9. The van der Waals surface area contributed by atoms with Crippen LogP contribution in [0.1, 0.15) is 56.3 Å². The van der Waals surface area contributed by atoms with Gasteiger partial charge in [-0.05, 0) is 25.2 Å². The number of nitrogens with zero attached hydrogens (tertiary/aromatic N) is 4. The van der Waals surface area contributed by atoms with Crippen molar-refractivity contribution in [1.82, 2.24) is 20.2 Å². The first-order valence-electron chi connectivity index (χ1n) is 8.48. The summed E-state index contributed by atoms with van der Waals surface area (Å²) in [6.07, 6.45) is 7.42. The predicted octanol–water partition coefficient (Wildman–Crippen LogP) is 1.32. The average Bonchev–Trinajstić information content (AvgIpc) is 3.03. The molecule has 0 amide bonds. The monoisotopic (exact) mass is 358 g/mol. The summed E-state index contributed by atoms with van der Waals surface area (Å²) in [6, 6.07) is -0.0783. The first-order chi connectivity index (χ1) is 11.5. The van der Waals surface area contributed by atoms with Gasteiger partial charge in [-0.3, -0.25) is 9.45 Å². The molecule has 24 heavy (non-hydrogen) atoms. The first kappa shape index (κ1) is 16.4. The molecule has 2 bridgehead atoms. The molecule has 1 aliphatic carbocycles. The molecule has 134 valence electrons. The third-order valence-electron chi connectivity index (χ3n) is 5.34. The van der Waals surface area contributed by atoms with E-state index in [1.807, 2.05) is 4.90 Å². The minimum Gasteiger partial charge on any atom is -0.424 e. The van der Waals surface area contributed by atoms with Crippen LogP contribution in [0.15, 0.2) is 4.42 Å². The molecule has 1 aromatic heterocycles. The highest BCUT2D eigenvalue weighted by molar-refractivity contribution is 7.80. The fraction of sp³-hybridized carbons (Fsp3) is 0.857. The predicted molar refractivity (Wildman–Crippen MR) is 81.8 cm³/mol. The number of piperidine rings is 1. The lowest BCUT2D eigenvalue weighted by atomic mass is 9.82. The number of hydroxylamine groups is 2. The van der Waals surface area contributed by atoms with Crippen LogP contribution >= 0.6 is 0 Å². The van der Waals surface area contributed by atoms with E-state index < -0.39 is 10.4 Å². The molecule has 0 radical (unpaired) electrons. The van der Waals surface area contributed by atoms with Crippen molar-refractivity contribution in [1.29, 1.82) is 0 Å². The van der Waals surface area contributed by atoms with Crippen LogP contribution < -0.4 is 0 Å². The number of hydrogen-bond acceptors (Lipinski definition) is 8. The van der Waals surface area contributed by atoms with E-state index in [-0.39, 0.29) is 18.8 Å². The van der Waals surface area contributed by atoms with E-state index in [0.717, 1.165) is 31.6 Å². The van der Waals surface area contributed by atoms with E-state index in [9.17, 15) is 8.42 Å². The van der Waals surface area contributed by atoms with Crippen LogP contribution in [-0.4, -0.2) is 52.4 Å².